The molecule has 0 radical (unpaired) electrons. The van der Waals surface area contributed by atoms with Crippen molar-refractivity contribution in [3.8, 4) is 0 Å². The molecule has 1 atom stereocenters. The molecule has 5 heteroatoms. The van der Waals surface area contributed by atoms with Crippen molar-refractivity contribution in [3.63, 3.8) is 0 Å². The van der Waals surface area contributed by atoms with Crippen molar-refractivity contribution in [2.24, 2.45) is 0 Å². The molecule has 1 N–H and O–H groups in total. The fourth-order valence-corrected chi connectivity index (χ4v) is 2.91. The first kappa shape index (κ1) is 15.5. The molecule has 0 saturated carbocycles. The van der Waals surface area contributed by atoms with Crippen molar-refractivity contribution in [2.75, 3.05) is 32.7 Å². The normalized spacial score (nSPS) is 18.9. The highest BCUT2D eigenvalue weighted by Crippen LogP contribution is 2.15. The van der Waals surface area contributed by atoms with E-state index in [1.54, 1.807) is 0 Å². The second-order valence-electron chi connectivity index (χ2n) is 5.39. The predicted octanol–water partition coefficient (Wildman–Crippen LogP) is 2.08. The van der Waals surface area contributed by atoms with Gasteiger partial charge in [-0.3, -0.25) is 14.6 Å². The van der Waals surface area contributed by atoms with Gasteiger partial charge in [-0.2, -0.15) is 0 Å². The van der Waals surface area contributed by atoms with Crippen LogP contribution in [0.25, 0.3) is 0 Å². The minimum absolute atomic E-state index is 0.162. The quantitative estimate of drug-likeness (QED) is 0.891. The minimum Gasteiger partial charge on any atom is -0.480 e. The fourth-order valence-electron chi connectivity index (χ4n) is 2.64. The summed E-state index contributed by atoms with van der Waals surface area (Å²) >= 11 is 3.45. The summed E-state index contributed by atoms with van der Waals surface area (Å²) in [5.74, 6) is -0.735. The Morgan fingerprint density at radius 3 is 2.40 bits per heavy atom. The Bertz CT molecular complexity index is 442. The molecule has 1 heterocycles. The van der Waals surface area contributed by atoms with Crippen LogP contribution in [0.4, 0.5) is 0 Å². The van der Waals surface area contributed by atoms with Crippen molar-refractivity contribution in [3.05, 3.63) is 34.3 Å². The third-order valence-electron chi connectivity index (χ3n) is 3.83. The summed E-state index contributed by atoms with van der Waals surface area (Å²) in [6, 6.07) is 8.95. The van der Waals surface area contributed by atoms with Gasteiger partial charge in [-0.25, -0.2) is 0 Å². The zero-order valence-electron chi connectivity index (χ0n) is 11.8. The molecule has 110 valence electrons. The smallest absolute Gasteiger partial charge is 0.317 e. The van der Waals surface area contributed by atoms with Gasteiger partial charge in [0.25, 0.3) is 0 Å². The monoisotopic (exact) mass is 340 g/mol. The lowest BCUT2D eigenvalue weighted by atomic mass is 10.1. The van der Waals surface area contributed by atoms with E-state index >= 15 is 0 Å². The first-order chi connectivity index (χ1) is 9.54. The van der Waals surface area contributed by atoms with E-state index in [2.05, 4.69) is 52.0 Å². The molecule has 1 aliphatic heterocycles. The lowest BCUT2D eigenvalue weighted by molar-refractivity contribution is -0.138. The Morgan fingerprint density at radius 1 is 1.25 bits per heavy atom. The highest BCUT2D eigenvalue weighted by Gasteiger charge is 2.22. The van der Waals surface area contributed by atoms with Crippen molar-refractivity contribution in [1.82, 2.24) is 9.80 Å². The van der Waals surface area contributed by atoms with Crippen LogP contribution in [0, 0.1) is 0 Å². The largest absolute Gasteiger partial charge is 0.480 e. The minimum atomic E-state index is -0.735. The third kappa shape index (κ3) is 4.58. The van der Waals surface area contributed by atoms with Crippen molar-refractivity contribution < 1.29 is 9.90 Å². The van der Waals surface area contributed by atoms with Gasteiger partial charge in [0.2, 0.25) is 0 Å². The van der Waals surface area contributed by atoms with Gasteiger partial charge < -0.3 is 5.11 Å². The first-order valence-corrected chi connectivity index (χ1v) is 7.76. The lowest BCUT2D eigenvalue weighted by Gasteiger charge is -2.37. The van der Waals surface area contributed by atoms with Crippen LogP contribution >= 0.6 is 15.9 Å². The highest BCUT2D eigenvalue weighted by atomic mass is 79.9. The van der Waals surface area contributed by atoms with Crippen LogP contribution in [0.5, 0.6) is 0 Å². The zero-order chi connectivity index (χ0) is 14.5. The summed E-state index contributed by atoms with van der Waals surface area (Å²) in [7, 11) is 0. The number of hydrogen-bond donors (Lipinski definition) is 1. The Labute approximate surface area is 128 Å². The molecule has 1 aromatic carbocycles. The van der Waals surface area contributed by atoms with Gasteiger partial charge in [-0.15, -0.1) is 0 Å². The maximum atomic E-state index is 10.7. The van der Waals surface area contributed by atoms with E-state index in [-0.39, 0.29) is 6.54 Å². The summed E-state index contributed by atoms with van der Waals surface area (Å²) in [5, 5.41) is 8.80. The number of carboxylic acid groups (broad SMARTS) is 1. The lowest BCUT2D eigenvalue weighted by Crippen LogP contribution is -2.51. The zero-order valence-corrected chi connectivity index (χ0v) is 13.3. The average Bonchev–Trinajstić information content (AvgIpc) is 2.41. The van der Waals surface area contributed by atoms with Crippen LogP contribution in [0.1, 0.15) is 12.5 Å². The van der Waals surface area contributed by atoms with Gasteiger partial charge in [0, 0.05) is 36.7 Å². The predicted molar refractivity (Wildman–Crippen MR) is 83.0 cm³/mol. The van der Waals surface area contributed by atoms with Crippen LogP contribution in [-0.2, 0) is 11.2 Å². The Kier molecular flexibility index (Phi) is 5.57. The Hall–Kier alpha value is -0.910. The highest BCUT2D eigenvalue weighted by molar-refractivity contribution is 9.10. The SMILES string of the molecule is CC(Cc1ccc(Br)cc1)N1CCN(CC(=O)O)CC1. The maximum absolute atomic E-state index is 10.7. The van der Waals surface area contributed by atoms with Gasteiger partial charge in [0.1, 0.15) is 0 Å². The molecule has 1 aromatic rings. The van der Waals surface area contributed by atoms with E-state index in [1.165, 1.54) is 5.56 Å². The number of aliphatic carboxylic acids is 1. The molecule has 1 unspecified atom stereocenters. The first-order valence-electron chi connectivity index (χ1n) is 6.97. The number of rotatable bonds is 5. The summed E-state index contributed by atoms with van der Waals surface area (Å²) in [5.41, 5.74) is 1.34. The van der Waals surface area contributed by atoms with Crippen molar-refractivity contribution in [2.45, 2.75) is 19.4 Å². The number of nitrogens with zero attached hydrogens (tertiary/aromatic N) is 2. The summed E-state index contributed by atoms with van der Waals surface area (Å²) in [6.07, 6.45) is 1.03. The fraction of sp³-hybridized carbons (Fsp3) is 0.533. The number of halogens is 1. The molecule has 0 amide bonds. The molecule has 1 aliphatic rings. The van der Waals surface area contributed by atoms with Crippen LogP contribution in [0.2, 0.25) is 0 Å². The molecule has 1 fully saturated rings. The number of piperazine rings is 1. The molecule has 0 aliphatic carbocycles. The number of carboxylic acids is 1. The van der Waals surface area contributed by atoms with E-state index in [0.29, 0.717) is 6.04 Å². The summed E-state index contributed by atoms with van der Waals surface area (Å²) < 4.78 is 1.11. The molecule has 0 bridgehead atoms. The van der Waals surface area contributed by atoms with E-state index in [1.807, 2.05) is 4.90 Å². The molecule has 20 heavy (non-hydrogen) atoms. The van der Waals surface area contributed by atoms with Crippen LogP contribution < -0.4 is 0 Å². The van der Waals surface area contributed by atoms with E-state index < -0.39 is 5.97 Å². The Balaban J connectivity index is 1.81. The summed E-state index contributed by atoms with van der Waals surface area (Å²) in [6.45, 7) is 5.99. The van der Waals surface area contributed by atoms with E-state index in [4.69, 9.17) is 5.11 Å². The molecular formula is C15H21BrN2O2. The van der Waals surface area contributed by atoms with Gasteiger partial charge in [0.15, 0.2) is 0 Å². The molecule has 0 aromatic heterocycles. The number of benzene rings is 1. The maximum Gasteiger partial charge on any atom is 0.317 e. The van der Waals surface area contributed by atoms with Gasteiger partial charge in [-0.05, 0) is 31.0 Å². The van der Waals surface area contributed by atoms with Crippen LogP contribution in [0.3, 0.4) is 0 Å². The standard InChI is InChI=1S/C15H21BrN2O2/c1-12(10-13-2-4-14(16)5-3-13)18-8-6-17(7-9-18)11-15(19)20/h2-5,12H,6-11H2,1H3,(H,19,20). The number of carbonyl (C=O) groups is 1. The van der Waals surface area contributed by atoms with Gasteiger partial charge in [0.05, 0.1) is 6.54 Å². The van der Waals surface area contributed by atoms with E-state index in [9.17, 15) is 4.79 Å². The average molecular weight is 341 g/mol. The van der Waals surface area contributed by atoms with Crippen LogP contribution in [0.15, 0.2) is 28.7 Å². The molecular weight excluding hydrogens is 320 g/mol. The second kappa shape index (κ2) is 7.20. The number of hydrogen-bond acceptors (Lipinski definition) is 3. The third-order valence-corrected chi connectivity index (χ3v) is 4.36. The Morgan fingerprint density at radius 2 is 1.85 bits per heavy atom. The summed E-state index contributed by atoms with van der Waals surface area (Å²) in [4.78, 5) is 15.1. The van der Waals surface area contributed by atoms with Crippen LogP contribution in [-0.4, -0.2) is 59.6 Å². The molecule has 1 saturated heterocycles. The van der Waals surface area contributed by atoms with Gasteiger partial charge >= 0.3 is 5.97 Å². The van der Waals surface area contributed by atoms with Crippen molar-refractivity contribution >= 4 is 21.9 Å². The van der Waals surface area contributed by atoms with Gasteiger partial charge in [-0.1, -0.05) is 28.1 Å². The second-order valence-corrected chi connectivity index (χ2v) is 6.30. The van der Waals surface area contributed by atoms with E-state index in [0.717, 1.165) is 37.1 Å². The topological polar surface area (TPSA) is 43.8 Å². The van der Waals surface area contributed by atoms with Crippen molar-refractivity contribution in [1.29, 1.82) is 0 Å². The molecule has 0 spiro atoms. The molecule has 4 nitrogen and oxygen atoms in total. The molecule has 2 rings (SSSR count).